The lowest BCUT2D eigenvalue weighted by atomic mass is 10.1. The molecular formula is C11H9Br3N2. The summed E-state index contributed by atoms with van der Waals surface area (Å²) in [6, 6.07) is 4.10. The van der Waals surface area contributed by atoms with Gasteiger partial charge in [-0.15, -0.1) is 0 Å². The number of aromatic nitrogens is 2. The lowest BCUT2D eigenvalue weighted by molar-refractivity contribution is 1.01. The quantitative estimate of drug-likeness (QED) is 0.723. The van der Waals surface area contributed by atoms with Crippen molar-refractivity contribution in [1.29, 1.82) is 0 Å². The third-order valence-corrected chi connectivity index (χ3v) is 4.73. The molecule has 1 N–H and O–H groups in total. The van der Waals surface area contributed by atoms with E-state index in [1.165, 1.54) is 5.56 Å². The van der Waals surface area contributed by atoms with Crippen molar-refractivity contribution in [3.05, 3.63) is 48.8 Å². The molecule has 0 aliphatic rings. The lowest BCUT2D eigenvalue weighted by Crippen LogP contribution is -1.93. The maximum absolute atomic E-state index is 4.30. The van der Waals surface area contributed by atoms with Crippen molar-refractivity contribution in [2.75, 3.05) is 0 Å². The molecule has 0 unspecified atom stereocenters. The van der Waals surface area contributed by atoms with Crippen LogP contribution in [0.1, 0.15) is 17.1 Å². The Balaban J connectivity index is 2.34. The van der Waals surface area contributed by atoms with Crippen molar-refractivity contribution in [2.24, 2.45) is 0 Å². The summed E-state index contributed by atoms with van der Waals surface area (Å²) in [5.74, 6) is 0.975. The molecule has 2 aromatic rings. The van der Waals surface area contributed by atoms with Crippen LogP contribution < -0.4 is 0 Å². The number of imidazole rings is 1. The summed E-state index contributed by atoms with van der Waals surface area (Å²) in [6.45, 7) is 2.00. The number of rotatable bonds is 2. The van der Waals surface area contributed by atoms with Crippen molar-refractivity contribution < 1.29 is 0 Å². The molecule has 0 aliphatic heterocycles. The summed E-state index contributed by atoms with van der Waals surface area (Å²) in [7, 11) is 0. The van der Waals surface area contributed by atoms with E-state index >= 15 is 0 Å². The molecule has 0 fully saturated rings. The molecular weight excluding hydrogens is 400 g/mol. The molecule has 0 radical (unpaired) electrons. The first-order valence-corrected chi connectivity index (χ1v) is 7.08. The van der Waals surface area contributed by atoms with E-state index in [4.69, 9.17) is 0 Å². The average Bonchev–Trinajstić information content (AvgIpc) is 2.60. The maximum atomic E-state index is 4.30. The second-order valence-electron chi connectivity index (χ2n) is 3.55. The van der Waals surface area contributed by atoms with E-state index in [0.717, 1.165) is 31.4 Å². The number of H-pyrrole nitrogens is 1. The van der Waals surface area contributed by atoms with Gasteiger partial charge in [-0.1, -0.05) is 15.9 Å². The van der Waals surface area contributed by atoms with Crippen LogP contribution in [0.15, 0.2) is 31.7 Å². The van der Waals surface area contributed by atoms with Crippen LogP contribution >= 0.6 is 47.8 Å². The number of nitrogens with one attached hydrogen (secondary N) is 1. The first kappa shape index (κ1) is 12.3. The van der Waals surface area contributed by atoms with Crippen molar-refractivity contribution >= 4 is 47.8 Å². The van der Waals surface area contributed by atoms with E-state index in [0.29, 0.717) is 0 Å². The molecule has 84 valence electrons. The van der Waals surface area contributed by atoms with Gasteiger partial charge in [-0.2, -0.15) is 0 Å². The van der Waals surface area contributed by atoms with Crippen LogP contribution in [0.3, 0.4) is 0 Å². The van der Waals surface area contributed by atoms with Gasteiger partial charge in [0.1, 0.15) is 5.82 Å². The Labute approximate surface area is 119 Å². The zero-order valence-electron chi connectivity index (χ0n) is 8.52. The van der Waals surface area contributed by atoms with Gasteiger partial charge in [0.05, 0.1) is 0 Å². The minimum Gasteiger partial charge on any atom is -0.346 e. The highest BCUT2D eigenvalue weighted by Crippen LogP contribution is 2.31. The van der Waals surface area contributed by atoms with Gasteiger partial charge in [0.2, 0.25) is 0 Å². The Hall–Kier alpha value is -0.130. The molecule has 0 saturated carbocycles. The van der Waals surface area contributed by atoms with E-state index < -0.39 is 0 Å². The fraction of sp³-hybridized carbons (Fsp3) is 0.182. The summed E-state index contributed by atoms with van der Waals surface area (Å²) in [5, 5.41) is 0. The van der Waals surface area contributed by atoms with Crippen LogP contribution in [0.25, 0.3) is 0 Å². The van der Waals surface area contributed by atoms with E-state index in [-0.39, 0.29) is 0 Å². The fourth-order valence-corrected chi connectivity index (χ4v) is 3.16. The highest BCUT2D eigenvalue weighted by Gasteiger charge is 2.08. The van der Waals surface area contributed by atoms with E-state index in [1.54, 1.807) is 0 Å². The van der Waals surface area contributed by atoms with Crippen LogP contribution in [0.5, 0.6) is 0 Å². The Morgan fingerprint density at radius 1 is 1.25 bits per heavy atom. The van der Waals surface area contributed by atoms with Crippen molar-refractivity contribution in [2.45, 2.75) is 13.3 Å². The second kappa shape index (κ2) is 5.02. The van der Waals surface area contributed by atoms with Crippen molar-refractivity contribution in [3.63, 3.8) is 0 Å². The third-order valence-electron chi connectivity index (χ3n) is 2.18. The van der Waals surface area contributed by atoms with Gasteiger partial charge in [0, 0.05) is 31.7 Å². The molecule has 2 rings (SSSR count). The Kier molecular flexibility index (Phi) is 3.87. The van der Waals surface area contributed by atoms with Gasteiger partial charge < -0.3 is 4.98 Å². The van der Waals surface area contributed by atoms with Crippen molar-refractivity contribution in [3.8, 4) is 0 Å². The predicted molar refractivity (Wildman–Crippen MR) is 75.7 cm³/mol. The Morgan fingerprint density at radius 3 is 2.62 bits per heavy atom. The SMILES string of the molecule is Cc1cnc(Cc2cc(Br)cc(Br)c2Br)[nH]1. The fourth-order valence-electron chi connectivity index (χ4n) is 1.48. The maximum Gasteiger partial charge on any atom is 0.110 e. The highest BCUT2D eigenvalue weighted by atomic mass is 79.9. The molecule has 2 nitrogen and oxygen atoms in total. The number of aromatic amines is 1. The summed E-state index contributed by atoms with van der Waals surface area (Å²) < 4.78 is 3.17. The van der Waals surface area contributed by atoms with Gasteiger partial charge in [-0.3, -0.25) is 0 Å². The Morgan fingerprint density at radius 2 is 2.00 bits per heavy atom. The Bertz CT molecular complexity index is 520. The first-order chi connectivity index (χ1) is 7.56. The molecule has 0 amide bonds. The summed E-state index contributed by atoms with van der Waals surface area (Å²) in [6.07, 6.45) is 2.63. The molecule has 0 saturated heterocycles. The number of benzene rings is 1. The number of halogens is 3. The zero-order chi connectivity index (χ0) is 11.7. The minimum atomic E-state index is 0.784. The van der Waals surface area contributed by atoms with Gasteiger partial charge in [-0.05, 0) is 56.5 Å². The number of hydrogen-bond acceptors (Lipinski definition) is 1. The number of aryl methyl sites for hydroxylation is 1. The summed E-state index contributed by atoms with van der Waals surface area (Å²) >= 11 is 10.6. The lowest BCUT2D eigenvalue weighted by Gasteiger charge is -2.06. The van der Waals surface area contributed by atoms with Gasteiger partial charge in [0.15, 0.2) is 0 Å². The third kappa shape index (κ3) is 2.76. The highest BCUT2D eigenvalue weighted by molar-refractivity contribution is 9.13. The van der Waals surface area contributed by atoms with E-state index in [2.05, 4.69) is 63.8 Å². The smallest absolute Gasteiger partial charge is 0.110 e. The molecule has 0 atom stereocenters. The van der Waals surface area contributed by atoms with Crippen LogP contribution in [0, 0.1) is 6.92 Å². The molecule has 0 aliphatic carbocycles. The first-order valence-electron chi connectivity index (χ1n) is 4.70. The number of nitrogens with zero attached hydrogens (tertiary/aromatic N) is 1. The van der Waals surface area contributed by atoms with Crippen LogP contribution in [0.2, 0.25) is 0 Å². The van der Waals surface area contributed by atoms with Crippen LogP contribution in [-0.2, 0) is 6.42 Å². The van der Waals surface area contributed by atoms with Gasteiger partial charge in [0.25, 0.3) is 0 Å². The zero-order valence-corrected chi connectivity index (χ0v) is 13.3. The minimum absolute atomic E-state index is 0.784. The second-order valence-corrected chi connectivity index (χ2v) is 6.11. The van der Waals surface area contributed by atoms with Crippen molar-refractivity contribution in [1.82, 2.24) is 9.97 Å². The van der Waals surface area contributed by atoms with Crippen LogP contribution in [0.4, 0.5) is 0 Å². The number of hydrogen-bond donors (Lipinski definition) is 1. The standard InChI is InChI=1S/C11H9Br3N2/c1-6-5-15-10(16-6)3-7-2-8(12)4-9(13)11(7)14/h2,4-5H,3H2,1H3,(H,15,16). The topological polar surface area (TPSA) is 28.7 Å². The monoisotopic (exact) mass is 406 g/mol. The van der Waals surface area contributed by atoms with Gasteiger partial charge in [-0.25, -0.2) is 4.98 Å². The molecule has 5 heteroatoms. The molecule has 1 heterocycles. The van der Waals surface area contributed by atoms with Crippen LogP contribution in [-0.4, -0.2) is 9.97 Å². The average molecular weight is 409 g/mol. The summed E-state index contributed by atoms with van der Waals surface area (Å²) in [4.78, 5) is 7.53. The molecule has 0 bridgehead atoms. The normalized spacial score (nSPS) is 10.8. The molecule has 1 aromatic heterocycles. The largest absolute Gasteiger partial charge is 0.346 e. The predicted octanol–water partition coefficient (Wildman–Crippen LogP) is 4.60. The van der Waals surface area contributed by atoms with Gasteiger partial charge >= 0.3 is 0 Å². The molecule has 16 heavy (non-hydrogen) atoms. The molecule has 0 spiro atoms. The molecule has 1 aromatic carbocycles. The van der Waals surface area contributed by atoms with E-state index in [1.807, 2.05) is 19.2 Å². The summed E-state index contributed by atoms with van der Waals surface area (Å²) in [5.41, 5.74) is 2.27. The van der Waals surface area contributed by atoms with E-state index in [9.17, 15) is 0 Å².